The fraction of sp³-hybridized carbons (Fsp3) is 0.133. The van der Waals surface area contributed by atoms with Crippen LogP contribution in [-0.2, 0) is 10.3 Å². The molecule has 1 atom stereocenters. The van der Waals surface area contributed by atoms with Gasteiger partial charge in [-0.2, -0.15) is 0 Å². The van der Waals surface area contributed by atoms with Gasteiger partial charge in [-0.1, -0.05) is 60.2 Å². The normalized spacial score (nSPS) is 13.9. The summed E-state index contributed by atoms with van der Waals surface area (Å²) < 4.78 is 0. The molecule has 0 aromatic heterocycles. The van der Waals surface area contributed by atoms with Gasteiger partial charge in [-0.25, -0.2) is 4.79 Å². The molecule has 0 radical (unpaired) electrons. The van der Waals surface area contributed by atoms with Crippen LogP contribution in [0.1, 0.15) is 16.7 Å². The highest BCUT2D eigenvalue weighted by molar-refractivity contribution is 5.85. The SMILES string of the molecule is Cc1ccc([C@@](N)(C(=O)O)c2ccccc2)cc1. The van der Waals surface area contributed by atoms with Crippen molar-refractivity contribution >= 4 is 5.97 Å². The zero-order chi connectivity index (χ0) is 13.2. The third kappa shape index (κ3) is 2.00. The average Bonchev–Trinajstić information content (AvgIpc) is 2.39. The van der Waals surface area contributed by atoms with Crippen molar-refractivity contribution in [2.45, 2.75) is 12.5 Å². The number of hydrogen-bond donors (Lipinski definition) is 2. The highest BCUT2D eigenvalue weighted by Crippen LogP contribution is 2.27. The molecule has 0 saturated heterocycles. The van der Waals surface area contributed by atoms with Gasteiger partial charge in [0.05, 0.1) is 0 Å². The largest absolute Gasteiger partial charge is 0.479 e. The summed E-state index contributed by atoms with van der Waals surface area (Å²) in [6.45, 7) is 1.95. The lowest BCUT2D eigenvalue weighted by atomic mass is 9.83. The van der Waals surface area contributed by atoms with Crippen molar-refractivity contribution in [2.75, 3.05) is 0 Å². The molecular weight excluding hydrogens is 226 g/mol. The fourth-order valence-corrected chi connectivity index (χ4v) is 1.93. The Morgan fingerprint density at radius 3 is 2.00 bits per heavy atom. The third-order valence-electron chi connectivity index (χ3n) is 3.07. The standard InChI is InChI=1S/C15H15NO2/c1-11-7-9-13(10-8-11)15(16,14(17)18)12-5-3-2-4-6-12/h2-10H,16H2,1H3,(H,17,18)/t15-/m1/s1. The average molecular weight is 241 g/mol. The number of rotatable bonds is 3. The molecule has 0 bridgehead atoms. The summed E-state index contributed by atoms with van der Waals surface area (Å²) >= 11 is 0. The van der Waals surface area contributed by atoms with E-state index in [4.69, 9.17) is 5.73 Å². The molecule has 18 heavy (non-hydrogen) atoms. The highest BCUT2D eigenvalue weighted by Gasteiger charge is 2.37. The molecule has 0 aliphatic carbocycles. The smallest absolute Gasteiger partial charge is 0.333 e. The molecule has 0 heterocycles. The highest BCUT2D eigenvalue weighted by atomic mass is 16.4. The first-order chi connectivity index (χ1) is 8.55. The predicted octanol–water partition coefficient (Wildman–Crippen LogP) is 2.28. The summed E-state index contributed by atoms with van der Waals surface area (Å²) in [5.41, 5.74) is 6.84. The molecule has 2 rings (SSSR count). The van der Waals surface area contributed by atoms with Crippen LogP contribution >= 0.6 is 0 Å². The van der Waals surface area contributed by atoms with Crippen molar-refractivity contribution in [2.24, 2.45) is 5.73 Å². The maximum Gasteiger partial charge on any atom is 0.333 e. The van der Waals surface area contributed by atoms with Gasteiger partial charge in [-0.3, -0.25) is 0 Å². The van der Waals surface area contributed by atoms with Gasteiger partial charge in [0.1, 0.15) is 0 Å². The van der Waals surface area contributed by atoms with Crippen molar-refractivity contribution < 1.29 is 9.90 Å². The van der Waals surface area contributed by atoms with Crippen LogP contribution in [0.25, 0.3) is 0 Å². The van der Waals surface area contributed by atoms with Gasteiger partial charge in [0.25, 0.3) is 0 Å². The van der Waals surface area contributed by atoms with Gasteiger partial charge in [-0.05, 0) is 18.1 Å². The summed E-state index contributed by atoms with van der Waals surface area (Å²) in [5.74, 6) is -1.06. The maximum absolute atomic E-state index is 11.6. The van der Waals surface area contributed by atoms with E-state index in [0.29, 0.717) is 11.1 Å². The van der Waals surface area contributed by atoms with Crippen molar-refractivity contribution in [3.63, 3.8) is 0 Å². The monoisotopic (exact) mass is 241 g/mol. The number of hydrogen-bond acceptors (Lipinski definition) is 2. The topological polar surface area (TPSA) is 63.3 Å². The number of nitrogens with two attached hydrogens (primary N) is 1. The van der Waals surface area contributed by atoms with Crippen LogP contribution in [0.3, 0.4) is 0 Å². The molecule has 3 N–H and O–H groups in total. The van der Waals surface area contributed by atoms with Crippen LogP contribution in [0, 0.1) is 6.92 Å². The molecule has 0 aliphatic rings. The number of aryl methyl sites for hydroxylation is 1. The Morgan fingerprint density at radius 2 is 1.50 bits per heavy atom. The van der Waals surface area contributed by atoms with Gasteiger partial charge in [0.15, 0.2) is 5.54 Å². The Kier molecular flexibility index (Phi) is 3.17. The number of benzene rings is 2. The second-order valence-corrected chi connectivity index (χ2v) is 4.35. The molecule has 2 aromatic carbocycles. The van der Waals surface area contributed by atoms with Crippen LogP contribution in [0.5, 0.6) is 0 Å². The Morgan fingerprint density at radius 1 is 1.00 bits per heavy atom. The minimum absolute atomic E-state index is 0.571. The van der Waals surface area contributed by atoms with Gasteiger partial charge in [-0.15, -0.1) is 0 Å². The van der Waals surface area contributed by atoms with E-state index >= 15 is 0 Å². The predicted molar refractivity (Wildman–Crippen MR) is 70.2 cm³/mol. The fourth-order valence-electron chi connectivity index (χ4n) is 1.93. The Hall–Kier alpha value is -2.13. The third-order valence-corrected chi connectivity index (χ3v) is 3.07. The first-order valence-electron chi connectivity index (χ1n) is 5.70. The molecule has 0 fully saturated rings. The van der Waals surface area contributed by atoms with Gasteiger partial charge < -0.3 is 10.8 Å². The summed E-state index contributed by atoms with van der Waals surface area (Å²) in [6.07, 6.45) is 0. The van der Waals surface area contributed by atoms with Gasteiger partial charge >= 0.3 is 5.97 Å². The summed E-state index contributed by atoms with van der Waals surface area (Å²) in [6, 6.07) is 16.1. The maximum atomic E-state index is 11.6. The van der Waals surface area contributed by atoms with Gasteiger partial charge in [0, 0.05) is 0 Å². The molecule has 0 saturated carbocycles. The molecule has 3 nitrogen and oxygen atoms in total. The Balaban J connectivity index is 2.58. The van der Waals surface area contributed by atoms with Gasteiger partial charge in [0.2, 0.25) is 0 Å². The van der Waals surface area contributed by atoms with Crippen molar-refractivity contribution in [3.8, 4) is 0 Å². The quantitative estimate of drug-likeness (QED) is 0.866. The second kappa shape index (κ2) is 4.63. The van der Waals surface area contributed by atoms with Crippen molar-refractivity contribution in [3.05, 3.63) is 71.3 Å². The van der Waals surface area contributed by atoms with E-state index in [-0.39, 0.29) is 0 Å². The van der Waals surface area contributed by atoms with Crippen LogP contribution < -0.4 is 5.73 Å². The lowest BCUT2D eigenvalue weighted by Gasteiger charge is -2.26. The molecule has 2 aromatic rings. The summed E-state index contributed by atoms with van der Waals surface area (Å²) in [5, 5.41) is 9.48. The van der Waals surface area contributed by atoms with Crippen LogP contribution in [0.15, 0.2) is 54.6 Å². The van der Waals surface area contributed by atoms with Crippen LogP contribution in [0.4, 0.5) is 0 Å². The minimum atomic E-state index is -1.51. The van der Waals surface area contributed by atoms with E-state index in [1.807, 2.05) is 25.1 Å². The molecule has 3 heteroatoms. The van der Waals surface area contributed by atoms with Crippen molar-refractivity contribution in [1.82, 2.24) is 0 Å². The second-order valence-electron chi connectivity index (χ2n) is 4.35. The Labute approximate surface area is 106 Å². The van der Waals surface area contributed by atoms with E-state index in [0.717, 1.165) is 5.56 Å². The van der Waals surface area contributed by atoms with E-state index in [2.05, 4.69) is 0 Å². The van der Waals surface area contributed by atoms with Crippen molar-refractivity contribution in [1.29, 1.82) is 0 Å². The van der Waals surface area contributed by atoms with E-state index in [9.17, 15) is 9.90 Å². The number of carbonyl (C=O) groups is 1. The molecular formula is C15H15NO2. The van der Waals surface area contributed by atoms with E-state index in [1.165, 1.54) is 0 Å². The zero-order valence-electron chi connectivity index (χ0n) is 10.1. The number of carboxylic acid groups (broad SMARTS) is 1. The Bertz CT molecular complexity index is 548. The van der Waals surface area contributed by atoms with E-state index in [1.54, 1.807) is 36.4 Å². The molecule has 92 valence electrons. The molecule has 0 aliphatic heterocycles. The summed E-state index contributed by atoms with van der Waals surface area (Å²) in [4.78, 5) is 11.6. The first kappa shape index (κ1) is 12.3. The molecule has 0 unspecified atom stereocenters. The minimum Gasteiger partial charge on any atom is -0.479 e. The lowest BCUT2D eigenvalue weighted by molar-refractivity contribution is -0.142. The molecule has 0 spiro atoms. The number of carboxylic acids is 1. The van der Waals surface area contributed by atoms with Crippen LogP contribution in [0.2, 0.25) is 0 Å². The lowest BCUT2D eigenvalue weighted by Crippen LogP contribution is -2.45. The molecule has 0 amide bonds. The zero-order valence-corrected chi connectivity index (χ0v) is 10.1. The van der Waals surface area contributed by atoms with E-state index < -0.39 is 11.5 Å². The number of aliphatic carboxylic acids is 1. The summed E-state index contributed by atoms with van der Waals surface area (Å²) in [7, 11) is 0. The van der Waals surface area contributed by atoms with Crippen LogP contribution in [-0.4, -0.2) is 11.1 Å². The first-order valence-corrected chi connectivity index (χ1v) is 5.70.